The topological polar surface area (TPSA) is 38.3 Å². The Hall–Kier alpha value is -0.830. The Kier molecular flexibility index (Phi) is 7.90. The van der Waals surface area contributed by atoms with E-state index in [1.165, 1.54) is 19.3 Å². The van der Waals surface area contributed by atoms with E-state index in [1.54, 1.807) is 0 Å². The van der Waals surface area contributed by atoms with Crippen LogP contribution in [0.2, 0.25) is 0 Å². The van der Waals surface area contributed by atoms with Crippen molar-refractivity contribution in [2.45, 2.75) is 44.9 Å². The van der Waals surface area contributed by atoms with Crippen molar-refractivity contribution in [3.63, 3.8) is 0 Å². The first-order chi connectivity index (χ1) is 8.95. The number of allylic oxidation sites excluding steroid dienone is 1. The van der Waals surface area contributed by atoms with Crippen molar-refractivity contribution in [1.82, 2.24) is 5.32 Å². The van der Waals surface area contributed by atoms with Gasteiger partial charge in [-0.1, -0.05) is 31.8 Å². The summed E-state index contributed by atoms with van der Waals surface area (Å²) in [5.74, 6) is -0.512. The van der Waals surface area contributed by atoms with Crippen LogP contribution in [0.15, 0.2) is 12.7 Å². The maximum Gasteiger partial charge on any atom is 0.319 e. The second-order valence-corrected chi connectivity index (χ2v) is 3.77. The summed E-state index contributed by atoms with van der Waals surface area (Å²) in [6.07, 6.45) is 9.63. The van der Waals surface area contributed by atoms with Gasteiger partial charge in [-0.25, -0.2) is 0 Å². The van der Waals surface area contributed by atoms with Gasteiger partial charge in [0.2, 0.25) is 0 Å². The fourth-order valence-corrected chi connectivity index (χ4v) is 1.41. The second kappa shape index (κ2) is 12.2. The Bertz CT molecular complexity index is 255. The summed E-state index contributed by atoms with van der Waals surface area (Å²) in [6.45, 7) is 1.49. The van der Waals surface area contributed by atoms with Gasteiger partial charge in [0.05, 0.1) is 13.2 Å². The number of nitrogens with one attached hydrogen (secondary N) is 1. The molecule has 0 aliphatic rings. The lowest BCUT2D eigenvalue weighted by molar-refractivity contribution is -0.142. The molecule has 0 radical (unpaired) electrons. The maximum atomic E-state index is 11.2. The predicted octanol–water partition coefficient (Wildman–Crippen LogP) is 2.67. The van der Waals surface area contributed by atoms with Gasteiger partial charge in [0.15, 0.2) is 0 Å². The van der Waals surface area contributed by atoms with Crippen LogP contribution in [0.1, 0.15) is 49.1 Å². The summed E-state index contributed by atoms with van der Waals surface area (Å²) in [7, 11) is 0. The van der Waals surface area contributed by atoms with Crippen molar-refractivity contribution in [3.8, 4) is 0 Å². The predicted molar refractivity (Wildman–Crippen MR) is 67.4 cm³/mol. The fourth-order valence-electron chi connectivity index (χ4n) is 1.41. The highest BCUT2D eigenvalue weighted by Gasteiger charge is 1.99. The van der Waals surface area contributed by atoms with Crippen molar-refractivity contribution in [3.05, 3.63) is 12.7 Å². The molecule has 0 aromatic rings. The van der Waals surface area contributed by atoms with Gasteiger partial charge < -0.3 is 10.1 Å². The van der Waals surface area contributed by atoms with E-state index in [0.717, 1.165) is 25.7 Å². The van der Waals surface area contributed by atoms with E-state index in [9.17, 15) is 4.79 Å². The van der Waals surface area contributed by atoms with E-state index in [2.05, 4.69) is 11.9 Å². The zero-order valence-electron chi connectivity index (χ0n) is 13.0. The van der Waals surface area contributed by atoms with Gasteiger partial charge in [-0.2, -0.15) is 0 Å². The van der Waals surface area contributed by atoms with Crippen LogP contribution in [0.4, 0.5) is 0 Å². The first kappa shape index (κ1) is 10.3. The average Bonchev–Trinajstić information content (AvgIpc) is 2.33. The quantitative estimate of drug-likeness (QED) is 0.337. The summed E-state index contributed by atoms with van der Waals surface area (Å²) in [5.41, 5.74) is 0. The van der Waals surface area contributed by atoms with Crippen LogP contribution in [0, 0.1) is 0 Å². The molecule has 0 fully saturated rings. The van der Waals surface area contributed by atoms with Crippen molar-refractivity contribution < 1.29 is 13.6 Å². The van der Waals surface area contributed by atoms with E-state index in [-0.39, 0.29) is 6.54 Å². The number of esters is 1. The lowest BCUT2D eigenvalue weighted by Crippen LogP contribution is -2.21. The fraction of sp³-hybridized carbons (Fsp3) is 0.769. The van der Waals surface area contributed by atoms with Crippen LogP contribution in [0.5, 0.6) is 0 Å². The third-order valence-electron chi connectivity index (χ3n) is 2.30. The van der Waals surface area contributed by atoms with E-state index >= 15 is 0 Å². The van der Waals surface area contributed by atoms with Crippen molar-refractivity contribution in [2.75, 3.05) is 20.1 Å². The van der Waals surface area contributed by atoms with Gasteiger partial charge in [-0.05, 0) is 26.2 Å². The van der Waals surface area contributed by atoms with Crippen LogP contribution < -0.4 is 5.32 Å². The lowest BCUT2D eigenvalue weighted by Gasteiger charge is -2.04. The molecule has 0 rings (SSSR count). The number of carbonyl (C=O) groups is 1. The Morgan fingerprint density at radius 3 is 2.69 bits per heavy atom. The smallest absolute Gasteiger partial charge is 0.319 e. The number of hydrogen-bond donors (Lipinski definition) is 1. The molecule has 94 valence electrons. The normalized spacial score (nSPS) is 13.6. The zero-order chi connectivity index (χ0) is 14.6. The molecule has 0 atom stereocenters. The molecule has 0 amide bonds. The monoisotopic (exact) mass is 230 g/mol. The Morgan fingerprint density at radius 2 is 2.00 bits per heavy atom. The summed E-state index contributed by atoms with van der Waals surface area (Å²) in [6, 6.07) is 0. The number of hydrogen-bond acceptors (Lipinski definition) is 3. The zero-order valence-corrected chi connectivity index (χ0v) is 9.96. The average molecular weight is 230 g/mol. The molecule has 0 bridgehead atoms. The molecule has 0 heterocycles. The minimum atomic E-state index is -2.29. The van der Waals surface area contributed by atoms with Crippen LogP contribution in [-0.4, -0.2) is 26.1 Å². The largest absolute Gasteiger partial charge is 0.465 e. The second-order valence-electron chi connectivity index (χ2n) is 3.77. The maximum absolute atomic E-state index is 11.2. The van der Waals surface area contributed by atoms with Crippen LogP contribution in [-0.2, 0) is 9.53 Å². The van der Waals surface area contributed by atoms with Crippen molar-refractivity contribution >= 4 is 5.97 Å². The molecule has 0 saturated heterocycles. The molecule has 0 aliphatic carbocycles. The lowest BCUT2D eigenvalue weighted by atomic mass is 10.1. The summed E-state index contributed by atoms with van der Waals surface area (Å²) in [4.78, 5) is 11.2. The molecular weight excluding hydrogens is 202 g/mol. The van der Waals surface area contributed by atoms with Gasteiger partial charge >= 0.3 is 5.97 Å². The van der Waals surface area contributed by atoms with Gasteiger partial charge in [0, 0.05) is 4.11 Å². The molecule has 0 unspecified atom stereocenters. The van der Waals surface area contributed by atoms with E-state index < -0.39 is 12.9 Å². The molecule has 3 heteroatoms. The SMILES string of the molecule is [2H]C([2H])([2H])NCC(=O)OCCCCCCCCC=C. The van der Waals surface area contributed by atoms with E-state index in [1.807, 2.05) is 6.08 Å². The molecular formula is C13H25NO2. The van der Waals surface area contributed by atoms with E-state index in [4.69, 9.17) is 8.85 Å². The van der Waals surface area contributed by atoms with Crippen molar-refractivity contribution in [2.24, 2.45) is 0 Å². The number of rotatable bonds is 11. The highest BCUT2D eigenvalue weighted by atomic mass is 16.5. The standard InChI is InChI=1S/C13H25NO2/c1-3-4-5-6-7-8-9-10-11-16-13(15)12-14-2/h3,14H,1,4-12H2,2H3/i2D3. The highest BCUT2D eigenvalue weighted by molar-refractivity contribution is 5.71. The molecule has 0 saturated carbocycles. The number of carbonyl (C=O) groups excluding carboxylic acids is 1. The van der Waals surface area contributed by atoms with Crippen LogP contribution in [0.3, 0.4) is 0 Å². The van der Waals surface area contributed by atoms with E-state index in [0.29, 0.717) is 6.61 Å². The molecule has 0 aromatic carbocycles. The van der Waals surface area contributed by atoms with Crippen LogP contribution >= 0.6 is 0 Å². The third kappa shape index (κ3) is 11.2. The first-order valence-corrected chi connectivity index (χ1v) is 5.97. The molecule has 1 N–H and O–H groups in total. The van der Waals surface area contributed by atoms with Crippen LogP contribution in [0.25, 0.3) is 0 Å². The van der Waals surface area contributed by atoms with Gasteiger partial charge in [0.25, 0.3) is 0 Å². The minimum absolute atomic E-state index is 0.266. The third-order valence-corrected chi connectivity index (χ3v) is 2.30. The first-order valence-electron chi connectivity index (χ1n) is 7.47. The minimum Gasteiger partial charge on any atom is -0.465 e. The van der Waals surface area contributed by atoms with Gasteiger partial charge in [0.1, 0.15) is 0 Å². The molecule has 0 aliphatic heterocycles. The Morgan fingerprint density at radius 1 is 1.31 bits per heavy atom. The summed E-state index contributed by atoms with van der Waals surface area (Å²) >= 11 is 0. The molecule has 3 nitrogen and oxygen atoms in total. The molecule has 0 aromatic heterocycles. The Balaban J connectivity index is 3.25. The Labute approximate surface area is 103 Å². The summed E-state index contributed by atoms with van der Waals surface area (Å²) in [5, 5.41) is 2.12. The van der Waals surface area contributed by atoms with Crippen molar-refractivity contribution in [1.29, 1.82) is 0 Å². The van der Waals surface area contributed by atoms with Gasteiger partial charge in [-0.3, -0.25) is 4.79 Å². The summed E-state index contributed by atoms with van der Waals surface area (Å²) < 4.78 is 25.5. The van der Waals surface area contributed by atoms with Gasteiger partial charge in [-0.15, -0.1) is 6.58 Å². The number of ether oxygens (including phenoxy) is 1. The number of unbranched alkanes of at least 4 members (excludes halogenated alkanes) is 6. The highest BCUT2D eigenvalue weighted by Crippen LogP contribution is 2.07. The number of likely N-dealkylation sites (N-methyl/N-ethyl adjacent to an activating group) is 1. The molecule has 0 spiro atoms. The molecule has 16 heavy (non-hydrogen) atoms.